The maximum absolute atomic E-state index is 13.7. The Bertz CT molecular complexity index is 614. The molecule has 0 radical (unpaired) electrons. The van der Waals surface area contributed by atoms with Crippen LogP contribution in [0, 0.1) is 5.82 Å². The average molecular weight is 290 g/mol. The standard InChI is InChI=1S/C16H19FN2O2/c17-13-4-2-1-3-12(13)16-6-5-11(21-16)9-19-8-7-14(18)15(20)10-19/h1-6,14-15,20H,7-10,18H2/t14-,15-/m1/s1. The smallest absolute Gasteiger partial charge is 0.137 e. The van der Waals surface area contributed by atoms with E-state index in [4.69, 9.17) is 10.2 Å². The summed E-state index contributed by atoms with van der Waals surface area (Å²) in [5.41, 5.74) is 6.25. The number of piperidine rings is 1. The van der Waals surface area contributed by atoms with Gasteiger partial charge in [-0.1, -0.05) is 12.1 Å². The van der Waals surface area contributed by atoms with Crippen LogP contribution in [0.4, 0.5) is 4.39 Å². The van der Waals surface area contributed by atoms with Gasteiger partial charge in [0.15, 0.2) is 0 Å². The Morgan fingerprint density at radius 3 is 2.86 bits per heavy atom. The summed E-state index contributed by atoms with van der Waals surface area (Å²) in [5.74, 6) is 0.992. The molecule has 5 heteroatoms. The van der Waals surface area contributed by atoms with Crippen LogP contribution in [-0.4, -0.2) is 35.2 Å². The van der Waals surface area contributed by atoms with Crippen molar-refractivity contribution in [2.75, 3.05) is 13.1 Å². The number of rotatable bonds is 3. The average Bonchev–Trinajstić information content (AvgIpc) is 2.92. The molecule has 112 valence electrons. The van der Waals surface area contributed by atoms with Gasteiger partial charge in [-0.15, -0.1) is 0 Å². The predicted molar refractivity (Wildman–Crippen MR) is 78.0 cm³/mol. The van der Waals surface area contributed by atoms with Gasteiger partial charge in [0.05, 0.1) is 18.2 Å². The topological polar surface area (TPSA) is 62.6 Å². The predicted octanol–water partition coefficient (Wildman–Crippen LogP) is 1.98. The first-order valence-corrected chi connectivity index (χ1v) is 7.13. The zero-order chi connectivity index (χ0) is 14.8. The van der Waals surface area contributed by atoms with Crippen LogP contribution in [-0.2, 0) is 6.54 Å². The van der Waals surface area contributed by atoms with E-state index in [1.54, 1.807) is 24.3 Å². The molecule has 21 heavy (non-hydrogen) atoms. The number of nitrogens with two attached hydrogens (primary N) is 1. The minimum Gasteiger partial charge on any atom is -0.460 e. The number of hydrogen-bond donors (Lipinski definition) is 2. The van der Waals surface area contributed by atoms with Gasteiger partial charge in [-0.3, -0.25) is 4.90 Å². The molecule has 3 rings (SSSR count). The highest BCUT2D eigenvalue weighted by molar-refractivity contribution is 5.58. The fourth-order valence-corrected chi connectivity index (χ4v) is 2.65. The first-order valence-electron chi connectivity index (χ1n) is 7.13. The van der Waals surface area contributed by atoms with Crippen LogP contribution in [0.5, 0.6) is 0 Å². The van der Waals surface area contributed by atoms with Gasteiger partial charge in [-0.2, -0.15) is 0 Å². The van der Waals surface area contributed by atoms with Gasteiger partial charge >= 0.3 is 0 Å². The van der Waals surface area contributed by atoms with Crippen LogP contribution in [0.1, 0.15) is 12.2 Å². The zero-order valence-electron chi connectivity index (χ0n) is 11.7. The number of nitrogens with zero attached hydrogens (tertiary/aromatic N) is 1. The largest absolute Gasteiger partial charge is 0.460 e. The summed E-state index contributed by atoms with van der Waals surface area (Å²) in [6.07, 6.45) is 0.266. The number of likely N-dealkylation sites (tertiary alicyclic amines) is 1. The van der Waals surface area contributed by atoms with E-state index in [2.05, 4.69) is 4.90 Å². The quantitative estimate of drug-likeness (QED) is 0.907. The highest BCUT2D eigenvalue weighted by Crippen LogP contribution is 2.25. The van der Waals surface area contributed by atoms with Crippen LogP contribution >= 0.6 is 0 Å². The van der Waals surface area contributed by atoms with Crippen molar-refractivity contribution in [1.29, 1.82) is 0 Å². The lowest BCUT2D eigenvalue weighted by molar-refractivity contribution is 0.0470. The van der Waals surface area contributed by atoms with Gasteiger partial charge in [-0.25, -0.2) is 4.39 Å². The van der Waals surface area contributed by atoms with Crippen molar-refractivity contribution in [3.05, 3.63) is 48.0 Å². The number of aliphatic hydroxyl groups excluding tert-OH is 1. The summed E-state index contributed by atoms with van der Waals surface area (Å²) < 4.78 is 19.4. The molecule has 0 unspecified atom stereocenters. The molecule has 0 bridgehead atoms. The summed E-state index contributed by atoms with van der Waals surface area (Å²) in [7, 11) is 0. The monoisotopic (exact) mass is 290 g/mol. The Morgan fingerprint density at radius 2 is 2.10 bits per heavy atom. The third-order valence-corrected chi connectivity index (χ3v) is 3.90. The number of halogens is 1. The minimum atomic E-state index is -0.500. The van der Waals surface area contributed by atoms with Gasteiger partial charge in [0.25, 0.3) is 0 Å². The lowest BCUT2D eigenvalue weighted by Crippen LogP contribution is -2.50. The van der Waals surface area contributed by atoms with Crippen LogP contribution in [0.2, 0.25) is 0 Å². The molecule has 0 saturated carbocycles. The Kier molecular flexibility index (Phi) is 4.05. The highest BCUT2D eigenvalue weighted by atomic mass is 19.1. The van der Waals surface area contributed by atoms with Gasteiger partial charge in [0, 0.05) is 19.1 Å². The van der Waals surface area contributed by atoms with Crippen LogP contribution in [0.3, 0.4) is 0 Å². The highest BCUT2D eigenvalue weighted by Gasteiger charge is 2.25. The van der Waals surface area contributed by atoms with Crippen LogP contribution in [0.15, 0.2) is 40.8 Å². The lowest BCUT2D eigenvalue weighted by atomic mass is 10.0. The summed E-state index contributed by atoms with van der Waals surface area (Å²) in [6.45, 7) is 1.96. The fourth-order valence-electron chi connectivity index (χ4n) is 2.65. The molecule has 3 N–H and O–H groups in total. The molecular formula is C16H19FN2O2. The van der Waals surface area contributed by atoms with Crippen molar-refractivity contribution < 1.29 is 13.9 Å². The van der Waals surface area contributed by atoms with Crippen molar-refractivity contribution in [3.8, 4) is 11.3 Å². The normalized spacial score (nSPS) is 23.4. The second kappa shape index (κ2) is 5.97. The lowest BCUT2D eigenvalue weighted by Gasteiger charge is -2.33. The number of hydrogen-bond acceptors (Lipinski definition) is 4. The van der Waals surface area contributed by atoms with Crippen molar-refractivity contribution in [3.63, 3.8) is 0 Å². The maximum Gasteiger partial charge on any atom is 0.137 e. The Balaban J connectivity index is 1.70. The Morgan fingerprint density at radius 1 is 1.29 bits per heavy atom. The van der Waals surface area contributed by atoms with Crippen LogP contribution in [0.25, 0.3) is 11.3 Å². The van der Waals surface area contributed by atoms with E-state index >= 15 is 0 Å². The molecule has 1 aliphatic heterocycles. The molecule has 2 heterocycles. The molecule has 4 nitrogen and oxygen atoms in total. The Hall–Kier alpha value is -1.69. The van der Waals surface area contributed by atoms with E-state index < -0.39 is 6.10 Å². The molecule has 0 aliphatic carbocycles. The number of furan rings is 1. The van der Waals surface area contributed by atoms with Crippen LogP contribution < -0.4 is 5.73 Å². The zero-order valence-corrected chi connectivity index (χ0v) is 11.7. The van der Waals surface area contributed by atoms with Crippen molar-refractivity contribution in [2.45, 2.75) is 25.1 Å². The molecule has 0 spiro atoms. The third kappa shape index (κ3) is 3.15. The molecule has 1 fully saturated rings. The molecular weight excluding hydrogens is 271 g/mol. The maximum atomic E-state index is 13.7. The van der Waals surface area contributed by atoms with Crippen molar-refractivity contribution in [1.82, 2.24) is 4.90 Å². The first-order chi connectivity index (χ1) is 10.1. The Labute approximate surface area is 123 Å². The second-order valence-corrected chi connectivity index (χ2v) is 5.50. The van der Waals surface area contributed by atoms with Crippen molar-refractivity contribution >= 4 is 0 Å². The third-order valence-electron chi connectivity index (χ3n) is 3.90. The van der Waals surface area contributed by atoms with Gasteiger partial charge in [0.2, 0.25) is 0 Å². The van der Waals surface area contributed by atoms with E-state index in [0.717, 1.165) is 18.7 Å². The minimum absolute atomic E-state index is 0.146. The summed E-state index contributed by atoms with van der Waals surface area (Å²) >= 11 is 0. The van der Waals surface area contributed by atoms with Crippen molar-refractivity contribution in [2.24, 2.45) is 5.73 Å². The van der Waals surface area contributed by atoms with Gasteiger partial charge in [0.1, 0.15) is 17.3 Å². The van der Waals surface area contributed by atoms with E-state index in [1.807, 2.05) is 6.07 Å². The first kappa shape index (κ1) is 14.3. The second-order valence-electron chi connectivity index (χ2n) is 5.50. The van der Waals surface area contributed by atoms with Gasteiger partial charge in [-0.05, 0) is 30.7 Å². The molecule has 1 aromatic carbocycles. The van der Waals surface area contributed by atoms with E-state index in [0.29, 0.717) is 24.4 Å². The van der Waals surface area contributed by atoms with Gasteiger partial charge < -0.3 is 15.3 Å². The van der Waals surface area contributed by atoms with E-state index in [9.17, 15) is 9.50 Å². The number of β-amino-alcohol motifs (C(OH)–C–C–N with tert-alkyl or cyclic N) is 1. The van der Waals surface area contributed by atoms with E-state index in [1.165, 1.54) is 6.07 Å². The molecule has 2 aromatic rings. The van der Waals surface area contributed by atoms with E-state index in [-0.39, 0.29) is 11.9 Å². The molecule has 1 aromatic heterocycles. The number of aliphatic hydroxyl groups is 1. The SMILES string of the molecule is N[C@@H]1CCN(Cc2ccc(-c3ccccc3F)o2)C[C@H]1O. The summed E-state index contributed by atoms with van der Waals surface area (Å²) in [6, 6.07) is 10.0. The number of benzene rings is 1. The molecule has 0 amide bonds. The summed E-state index contributed by atoms with van der Waals surface area (Å²) in [4.78, 5) is 2.10. The molecule has 1 saturated heterocycles. The summed E-state index contributed by atoms with van der Waals surface area (Å²) in [5, 5.41) is 9.80. The molecule has 1 aliphatic rings. The fraction of sp³-hybridized carbons (Fsp3) is 0.375. The molecule has 2 atom stereocenters.